The van der Waals surface area contributed by atoms with Crippen LogP contribution in [-0.2, 0) is 0 Å². The first-order valence-corrected chi connectivity index (χ1v) is 7.97. The van der Waals surface area contributed by atoms with Gasteiger partial charge in [-0.1, -0.05) is 0 Å². The third kappa shape index (κ3) is 5.11. The minimum atomic E-state index is -1.75. The van der Waals surface area contributed by atoms with Crippen molar-refractivity contribution in [2.24, 2.45) is 0 Å². The van der Waals surface area contributed by atoms with Crippen molar-refractivity contribution in [2.45, 2.75) is 46.5 Å². The molecule has 0 bridgehead atoms. The molecule has 0 unspecified atom stereocenters. The molecule has 0 saturated carbocycles. The summed E-state index contributed by atoms with van der Waals surface area (Å²) in [6.07, 6.45) is 8.38. The van der Waals surface area contributed by atoms with Crippen molar-refractivity contribution in [3.63, 3.8) is 0 Å². The maximum absolute atomic E-state index is 10.1. The summed E-state index contributed by atoms with van der Waals surface area (Å²) >= 11 is 0. The Morgan fingerprint density at radius 3 is 1.92 bits per heavy atom. The zero-order chi connectivity index (χ0) is 9.45. The molecule has 0 amide bonds. The van der Waals surface area contributed by atoms with Gasteiger partial charge in [0.05, 0.1) is 0 Å². The average molecular weight is 192 g/mol. The van der Waals surface area contributed by atoms with Gasteiger partial charge in [-0.25, -0.2) is 0 Å². The van der Waals surface area contributed by atoms with Crippen LogP contribution in [0.1, 0.15) is 46.5 Å². The Balaban J connectivity index is 3.45. The fourth-order valence-electron chi connectivity index (χ4n) is 1.48. The summed E-state index contributed by atoms with van der Waals surface area (Å²) in [4.78, 5) is 10.1. The number of rotatable bonds is 7. The van der Waals surface area contributed by atoms with Gasteiger partial charge in [-0.2, -0.15) is 0 Å². The molecule has 0 aliphatic heterocycles. The van der Waals surface area contributed by atoms with Crippen LogP contribution in [0, 0.1) is 0 Å². The third-order valence-corrected chi connectivity index (χ3v) is 6.73. The van der Waals surface area contributed by atoms with E-state index in [-0.39, 0.29) is 0 Å². The molecule has 0 aromatic rings. The molecule has 2 heteroatoms. The van der Waals surface area contributed by atoms with E-state index in [4.69, 9.17) is 0 Å². The van der Waals surface area contributed by atoms with E-state index < -0.39 is 7.49 Å². The average Bonchev–Trinajstić information content (AvgIpc) is 2.12. The molecular formula is C10H25OP. The molecular weight excluding hydrogens is 167 g/mol. The van der Waals surface area contributed by atoms with Crippen molar-refractivity contribution in [1.82, 2.24) is 0 Å². The maximum atomic E-state index is 10.1. The van der Waals surface area contributed by atoms with Gasteiger partial charge >= 0.3 is 77.3 Å². The van der Waals surface area contributed by atoms with E-state index in [1.54, 1.807) is 0 Å². The number of unbranched alkanes of at least 4 members (excludes halogenated alkanes) is 3. The van der Waals surface area contributed by atoms with E-state index in [1.165, 1.54) is 25.7 Å². The summed E-state index contributed by atoms with van der Waals surface area (Å²) in [7, 11) is -1.75. The molecule has 0 aliphatic rings. The van der Waals surface area contributed by atoms with Crippen LogP contribution in [0.5, 0.6) is 0 Å². The molecule has 0 radical (unpaired) electrons. The summed E-state index contributed by atoms with van der Waals surface area (Å²) in [6.45, 7) is 6.49. The van der Waals surface area contributed by atoms with Gasteiger partial charge in [0.1, 0.15) is 0 Å². The molecule has 0 aromatic carbocycles. The predicted octanol–water partition coefficient (Wildman–Crippen LogP) is 3.26. The Labute approximate surface area is 78.0 Å². The fraction of sp³-hybridized carbons (Fsp3) is 1.00. The summed E-state index contributed by atoms with van der Waals surface area (Å²) in [5, 5.41) is 0. The second-order valence-corrected chi connectivity index (χ2v) is 8.11. The molecule has 0 heterocycles. The van der Waals surface area contributed by atoms with E-state index in [9.17, 15) is 4.89 Å². The molecule has 1 nitrogen and oxygen atoms in total. The van der Waals surface area contributed by atoms with Crippen molar-refractivity contribution in [3.05, 3.63) is 0 Å². The first-order chi connectivity index (χ1) is 5.68. The zero-order valence-electron chi connectivity index (χ0n) is 8.90. The fourth-order valence-corrected chi connectivity index (χ4v) is 3.60. The summed E-state index contributed by atoms with van der Waals surface area (Å²) in [6, 6.07) is 0. The molecule has 1 N–H and O–H groups in total. The van der Waals surface area contributed by atoms with E-state index in [1.807, 2.05) is 0 Å². The summed E-state index contributed by atoms with van der Waals surface area (Å²) in [5.74, 6) is 0. The van der Waals surface area contributed by atoms with Crippen LogP contribution in [0.15, 0.2) is 0 Å². The topological polar surface area (TPSA) is 20.2 Å². The molecule has 0 aromatic heterocycles. The molecule has 0 fully saturated rings. The van der Waals surface area contributed by atoms with Crippen LogP contribution in [0.3, 0.4) is 0 Å². The first kappa shape index (κ1) is 12.4. The molecule has 0 saturated heterocycles. The van der Waals surface area contributed by atoms with Crippen molar-refractivity contribution < 1.29 is 4.89 Å². The van der Waals surface area contributed by atoms with Crippen LogP contribution in [0.2, 0.25) is 0 Å². The van der Waals surface area contributed by atoms with E-state index in [0.29, 0.717) is 0 Å². The zero-order valence-corrected chi connectivity index (χ0v) is 9.90. The van der Waals surface area contributed by atoms with Gasteiger partial charge in [-0.05, 0) is 0 Å². The third-order valence-electron chi connectivity index (χ3n) is 2.81. The molecule has 0 aliphatic carbocycles. The van der Waals surface area contributed by atoms with Gasteiger partial charge in [0.25, 0.3) is 0 Å². The van der Waals surface area contributed by atoms with E-state index in [0.717, 1.165) is 18.5 Å². The van der Waals surface area contributed by atoms with E-state index >= 15 is 0 Å². The Hall–Kier alpha value is 0.390. The minimum absolute atomic E-state index is 1.04. The summed E-state index contributed by atoms with van der Waals surface area (Å²) in [5.41, 5.74) is 0. The van der Waals surface area contributed by atoms with Gasteiger partial charge in [0.2, 0.25) is 0 Å². The van der Waals surface area contributed by atoms with Gasteiger partial charge in [0, 0.05) is 0 Å². The van der Waals surface area contributed by atoms with Gasteiger partial charge in [0.15, 0.2) is 0 Å². The first-order valence-electron chi connectivity index (χ1n) is 5.41. The van der Waals surface area contributed by atoms with Crippen LogP contribution < -0.4 is 0 Å². The predicted molar refractivity (Wildman–Crippen MR) is 60.6 cm³/mol. The molecule has 0 atom stereocenters. The normalized spacial score (nSPS) is 13.3. The summed E-state index contributed by atoms with van der Waals surface area (Å²) < 4.78 is 0. The Morgan fingerprint density at radius 2 is 1.50 bits per heavy atom. The molecule has 76 valence electrons. The van der Waals surface area contributed by atoms with Crippen LogP contribution in [0.4, 0.5) is 0 Å². The second-order valence-electron chi connectivity index (χ2n) is 3.74. The molecule has 12 heavy (non-hydrogen) atoms. The van der Waals surface area contributed by atoms with Crippen LogP contribution >= 0.6 is 7.49 Å². The number of hydrogen-bond donors (Lipinski definition) is 1. The Bertz CT molecular complexity index is 100. The van der Waals surface area contributed by atoms with Gasteiger partial charge < -0.3 is 0 Å². The van der Waals surface area contributed by atoms with Crippen LogP contribution in [-0.4, -0.2) is 23.4 Å². The van der Waals surface area contributed by atoms with Crippen LogP contribution in [0.25, 0.3) is 0 Å². The second kappa shape index (κ2) is 6.86. The Kier molecular flexibility index (Phi) is 7.08. The number of hydrogen-bond acceptors (Lipinski definition) is 1. The monoisotopic (exact) mass is 192 g/mol. The van der Waals surface area contributed by atoms with Crippen molar-refractivity contribution >= 4 is 7.49 Å². The van der Waals surface area contributed by atoms with Crippen molar-refractivity contribution in [2.75, 3.05) is 18.5 Å². The molecule has 0 rings (SSSR count). The van der Waals surface area contributed by atoms with Gasteiger partial charge in [-0.3, -0.25) is 0 Å². The quantitative estimate of drug-likeness (QED) is 0.485. The standard InChI is InChI=1S/C10H25OP/c1-4-7-8-9-10-12(11,5-2)6-3/h11-12H,4-10H2,1-3H3. The Morgan fingerprint density at radius 1 is 0.917 bits per heavy atom. The van der Waals surface area contributed by atoms with Gasteiger partial charge in [-0.15, -0.1) is 0 Å². The van der Waals surface area contributed by atoms with E-state index in [2.05, 4.69) is 20.8 Å². The molecule has 0 spiro atoms. The van der Waals surface area contributed by atoms with Crippen molar-refractivity contribution in [1.29, 1.82) is 0 Å². The van der Waals surface area contributed by atoms with Crippen molar-refractivity contribution in [3.8, 4) is 0 Å². The SMILES string of the molecule is CCCCCC[PH](O)(CC)CC.